The van der Waals surface area contributed by atoms with E-state index in [1.54, 1.807) is 0 Å². The van der Waals surface area contributed by atoms with Crippen LogP contribution < -0.4 is 0 Å². The van der Waals surface area contributed by atoms with E-state index in [4.69, 9.17) is 5.53 Å². The number of rotatable bonds is 1. The quantitative estimate of drug-likeness (QED) is 0.255. The number of nitrogens with zero attached hydrogens (tertiary/aromatic N) is 3. The standard InChI is InChI=1S/C10H15N3/c1-6-4-9(12-13-11)8-5-7(6)10(8,2)3/h4,7-9H,5H2,1-3H3/t7-,8+,9+/m1/s1. The molecule has 0 amide bonds. The molecule has 1 fully saturated rings. The highest BCUT2D eigenvalue weighted by Crippen LogP contribution is 2.59. The highest BCUT2D eigenvalue weighted by Gasteiger charge is 2.53. The highest BCUT2D eigenvalue weighted by molar-refractivity contribution is 5.26. The predicted molar refractivity (Wildman–Crippen MR) is 52.1 cm³/mol. The lowest BCUT2D eigenvalue weighted by atomic mass is 9.48. The van der Waals surface area contributed by atoms with E-state index in [2.05, 4.69) is 36.9 Å². The van der Waals surface area contributed by atoms with E-state index < -0.39 is 0 Å². The Balaban J connectivity index is 2.35. The summed E-state index contributed by atoms with van der Waals surface area (Å²) in [7, 11) is 0. The van der Waals surface area contributed by atoms with Crippen molar-refractivity contribution >= 4 is 0 Å². The van der Waals surface area contributed by atoms with Crippen LogP contribution in [0.3, 0.4) is 0 Å². The third-order valence-electron chi connectivity index (χ3n) is 3.92. The number of hydrogen-bond acceptors (Lipinski definition) is 1. The maximum absolute atomic E-state index is 8.44. The molecule has 3 rings (SSSR count). The van der Waals surface area contributed by atoms with E-state index in [1.807, 2.05) is 0 Å². The molecular formula is C10H15N3. The van der Waals surface area contributed by atoms with Gasteiger partial charge in [-0.05, 0) is 36.1 Å². The molecule has 3 aliphatic carbocycles. The van der Waals surface area contributed by atoms with Crippen LogP contribution in [0.4, 0.5) is 0 Å². The molecule has 0 aliphatic heterocycles. The Morgan fingerprint density at radius 3 is 2.77 bits per heavy atom. The molecule has 0 aromatic rings. The first-order valence-corrected chi connectivity index (χ1v) is 4.80. The van der Waals surface area contributed by atoms with Gasteiger partial charge in [0.1, 0.15) is 0 Å². The summed E-state index contributed by atoms with van der Waals surface area (Å²) >= 11 is 0. The number of azide groups is 1. The molecule has 70 valence electrons. The minimum Gasteiger partial charge on any atom is -0.0862 e. The SMILES string of the molecule is CC1=C[C@H](N=[N+]=[N-])[C@@H]2C[C@H]1C2(C)C. The van der Waals surface area contributed by atoms with Crippen molar-refractivity contribution in [1.82, 2.24) is 0 Å². The minimum atomic E-state index is 0.102. The number of fused-ring (bicyclic) bond motifs is 1. The average Bonchev–Trinajstić information content (AvgIpc) is 2.03. The van der Waals surface area contributed by atoms with Crippen LogP contribution in [0, 0.1) is 17.3 Å². The Morgan fingerprint density at radius 2 is 2.31 bits per heavy atom. The average molecular weight is 177 g/mol. The summed E-state index contributed by atoms with van der Waals surface area (Å²) in [5.74, 6) is 1.29. The molecule has 3 atom stereocenters. The van der Waals surface area contributed by atoms with Crippen molar-refractivity contribution in [2.75, 3.05) is 0 Å². The Labute approximate surface area is 78.5 Å². The second kappa shape index (κ2) is 2.52. The molecule has 0 heterocycles. The molecule has 0 N–H and O–H groups in total. The molecular weight excluding hydrogens is 162 g/mol. The van der Waals surface area contributed by atoms with Gasteiger partial charge in [0, 0.05) is 4.91 Å². The van der Waals surface area contributed by atoms with Crippen LogP contribution in [-0.2, 0) is 0 Å². The molecule has 0 unspecified atom stereocenters. The normalized spacial score (nSPS) is 39.9. The van der Waals surface area contributed by atoms with Crippen molar-refractivity contribution in [3.8, 4) is 0 Å². The zero-order valence-electron chi connectivity index (χ0n) is 8.36. The van der Waals surface area contributed by atoms with Crippen molar-refractivity contribution in [1.29, 1.82) is 0 Å². The fourth-order valence-electron chi connectivity index (χ4n) is 2.99. The van der Waals surface area contributed by atoms with Crippen LogP contribution in [-0.4, -0.2) is 6.04 Å². The molecule has 13 heavy (non-hydrogen) atoms. The van der Waals surface area contributed by atoms with Crippen molar-refractivity contribution in [2.45, 2.75) is 33.2 Å². The van der Waals surface area contributed by atoms with Gasteiger partial charge in [0.05, 0.1) is 6.04 Å². The summed E-state index contributed by atoms with van der Waals surface area (Å²) in [5, 5.41) is 3.85. The molecule has 3 nitrogen and oxygen atoms in total. The molecule has 3 aliphatic rings. The number of allylic oxidation sites excluding steroid dienone is 1. The minimum absolute atomic E-state index is 0.102. The summed E-state index contributed by atoms with van der Waals surface area (Å²) < 4.78 is 0. The van der Waals surface area contributed by atoms with Gasteiger partial charge in [0.15, 0.2) is 0 Å². The van der Waals surface area contributed by atoms with Gasteiger partial charge in [0.25, 0.3) is 0 Å². The first kappa shape index (κ1) is 8.64. The Kier molecular flexibility index (Phi) is 1.67. The topological polar surface area (TPSA) is 48.8 Å². The van der Waals surface area contributed by atoms with E-state index in [9.17, 15) is 0 Å². The Bertz CT molecular complexity index is 310. The lowest BCUT2D eigenvalue weighted by Gasteiger charge is -2.58. The van der Waals surface area contributed by atoms with Gasteiger partial charge in [0.2, 0.25) is 0 Å². The largest absolute Gasteiger partial charge is 0.0862 e. The third kappa shape index (κ3) is 1.00. The summed E-state index contributed by atoms with van der Waals surface area (Å²) in [4.78, 5) is 2.91. The Hall–Kier alpha value is -0.950. The highest BCUT2D eigenvalue weighted by atomic mass is 15.2. The maximum Gasteiger partial charge on any atom is 0.0591 e. The second-order valence-corrected chi connectivity index (χ2v) is 4.82. The van der Waals surface area contributed by atoms with Crippen molar-refractivity contribution in [2.24, 2.45) is 22.4 Å². The summed E-state index contributed by atoms with van der Waals surface area (Å²) in [6, 6.07) is 0.102. The zero-order chi connectivity index (χ0) is 9.64. The molecule has 0 aromatic carbocycles. The summed E-state index contributed by atoms with van der Waals surface area (Å²) in [6.07, 6.45) is 3.35. The van der Waals surface area contributed by atoms with Crippen LogP contribution >= 0.6 is 0 Å². The molecule has 0 saturated heterocycles. The zero-order valence-corrected chi connectivity index (χ0v) is 8.36. The molecule has 1 saturated carbocycles. The predicted octanol–water partition coefficient (Wildman–Crippen LogP) is 3.29. The summed E-state index contributed by atoms with van der Waals surface area (Å²) in [5.41, 5.74) is 10.2. The van der Waals surface area contributed by atoms with Crippen LogP contribution in [0.2, 0.25) is 0 Å². The van der Waals surface area contributed by atoms with E-state index in [0.717, 1.165) is 5.92 Å². The van der Waals surface area contributed by atoms with Gasteiger partial charge in [-0.25, -0.2) is 0 Å². The van der Waals surface area contributed by atoms with Gasteiger partial charge < -0.3 is 0 Å². The fourth-order valence-corrected chi connectivity index (χ4v) is 2.99. The van der Waals surface area contributed by atoms with E-state index in [-0.39, 0.29) is 6.04 Å². The van der Waals surface area contributed by atoms with Crippen LogP contribution in [0.1, 0.15) is 27.2 Å². The lowest BCUT2D eigenvalue weighted by molar-refractivity contribution is -0.0169. The van der Waals surface area contributed by atoms with Gasteiger partial charge in [-0.15, -0.1) is 0 Å². The fraction of sp³-hybridized carbons (Fsp3) is 0.800. The van der Waals surface area contributed by atoms with Gasteiger partial charge in [-0.3, -0.25) is 0 Å². The monoisotopic (exact) mass is 177 g/mol. The maximum atomic E-state index is 8.44. The second-order valence-electron chi connectivity index (χ2n) is 4.82. The van der Waals surface area contributed by atoms with Crippen LogP contribution in [0.5, 0.6) is 0 Å². The first-order chi connectivity index (χ1) is 6.07. The van der Waals surface area contributed by atoms with E-state index >= 15 is 0 Å². The van der Waals surface area contributed by atoms with E-state index in [0.29, 0.717) is 11.3 Å². The smallest absolute Gasteiger partial charge is 0.0591 e. The molecule has 0 spiro atoms. The summed E-state index contributed by atoms with van der Waals surface area (Å²) in [6.45, 7) is 6.71. The van der Waals surface area contributed by atoms with Crippen LogP contribution in [0.15, 0.2) is 16.8 Å². The van der Waals surface area contributed by atoms with Gasteiger partial charge >= 0.3 is 0 Å². The third-order valence-corrected chi connectivity index (χ3v) is 3.92. The van der Waals surface area contributed by atoms with Gasteiger partial charge in [-0.2, -0.15) is 0 Å². The van der Waals surface area contributed by atoms with Crippen molar-refractivity contribution in [3.63, 3.8) is 0 Å². The Morgan fingerprint density at radius 1 is 1.62 bits per heavy atom. The molecule has 0 aromatic heterocycles. The van der Waals surface area contributed by atoms with Crippen LogP contribution in [0.25, 0.3) is 10.4 Å². The lowest BCUT2D eigenvalue weighted by Crippen LogP contribution is -2.53. The molecule has 3 heteroatoms. The number of hydrogen-bond donors (Lipinski definition) is 0. The van der Waals surface area contributed by atoms with Gasteiger partial charge in [-0.1, -0.05) is 30.6 Å². The molecule has 0 radical (unpaired) electrons. The van der Waals surface area contributed by atoms with E-state index in [1.165, 1.54) is 12.0 Å². The first-order valence-electron chi connectivity index (χ1n) is 4.80. The van der Waals surface area contributed by atoms with Crippen molar-refractivity contribution < 1.29 is 0 Å². The van der Waals surface area contributed by atoms with Crippen molar-refractivity contribution in [3.05, 3.63) is 22.1 Å². The molecule has 2 bridgehead atoms.